The standard InChI is InChI=1S/C16H20BrClN2/c1-16(2)7-5-12(6-8-16)20-14-4-3-11(17)9-13(14)19-15(20)10-18/h3-4,9,12H,5-8,10H2,1-2H3. The van der Waals surface area contributed by atoms with E-state index in [2.05, 4.69) is 52.5 Å². The van der Waals surface area contributed by atoms with Crippen molar-refractivity contribution >= 4 is 38.6 Å². The predicted octanol–water partition coefficient (Wildman–Crippen LogP) is 5.68. The molecule has 1 fully saturated rings. The number of aromatic nitrogens is 2. The zero-order valence-corrected chi connectivity index (χ0v) is 14.3. The minimum absolute atomic E-state index is 0.478. The first kappa shape index (κ1) is 14.4. The van der Waals surface area contributed by atoms with Crippen molar-refractivity contribution in [3.8, 4) is 0 Å². The Labute approximate surface area is 133 Å². The Balaban J connectivity index is 2.02. The Morgan fingerprint density at radius 3 is 2.70 bits per heavy atom. The Morgan fingerprint density at radius 2 is 2.05 bits per heavy atom. The van der Waals surface area contributed by atoms with Gasteiger partial charge in [-0.3, -0.25) is 0 Å². The summed E-state index contributed by atoms with van der Waals surface area (Å²) >= 11 is 9.64. The molecule has 3 rings (SSSR count). The number of hydrogen-bond donors (Lipinski definition) is 0. The Kier molecular flexibility index (Phi) is 3.85. The van der Waals surface area contributed by atoms with Gasteiger partial charge in [0.25, 0.3) is 0 Å². The largest absolute Gasteiger partial charge is 0.324 e. The summed E-state index contributed by atoms with van der Waals surface area (Å²) in [5.41, 5.74) is 2.74. The third-order valence-electron chi connectivity index (χ3n) is 4.52. The van der Waals surface area contributed by atoms with E-state index in [1.54, 1.807) is 0 Å². The summed E-state index contributed by atoms with van der Waals surface area (Å²) in [5.74, 6) is 1.48. The third-order valence-corrected chi connectivity index (χ3v) is 5.25. The molecule has 1 aliphatic rings. The summed E-state index contributed by atoms with van der Waals surface area (Å²) in [6, 6.07) is 6.87. The molecule has 0 saturated heterocycles. The number of halogens is 2. The third kappa shape index (κ3) is 2.62. The number of nitrogens with zero attached hydrogens (tertiary/aromatic N) is 2. The van der Waals surface area contributed by atoms with Gasteiger partial charge in [0.1, 0.15) is 5.82 Å². The monoisotopic (exact) mass is 354 g/mol. The van der Waals surface area contributed by atoms with Gasteiger partial charge in [-0.25, -0.2) is 4.98 Å². The van der Waals surface area contributed by atoms with Crippen LogP contribution < -0.4 is 0 Å². The Hall–Kier alpha value is -0.540. The van der Waals surface area contributed by atoms with Gasteiger partial charge in [-0.05, 0) is 49.3 Å². The molecule has 2 aromatic rings. The Morgan fingerprint density at radius 1 is 1.35 bits per heavy atom. The van der Waals surface area contributed by atoms with Crippen LogP contribution in [0.1, 0.15) is 51.4 Å². The summed E-state index contributed by atoms with van der Waals surface area (Å²) in [4.78, 5) is 4.70. The highest BCUT2D eigenvalue weighted by atomic mass is 79.9. The van der Waals surface area contributed by atoms with Crippen LogP contribution in [0.25, 0.3) is 11.0 Å². The molecule has 0 unspecified atom stereocenters. The van der Waals surface area contributed by atoms with E-state index < -0.39 is 0 Å². The van der Waals surface area contributed by atoms with Crippen molar-refractivity contribution in [2.24, 2.45) is 5.41 Å². The van der Waals surface area contributed by atoms with E-state index >= 15 is 0 Å². The molecule has 4 heteroatoms. The first-order valence-corrected chi connectivity index (χ1v) is 8.55. The van der Waals surface area contributed by atoms with Gasteiger partial charge in [-0.15, -0.1) is 11.6 Å². The molecule has 0 bridgehead atoms. The molecule has 1 heterocycles. The zero-order valence-electron chi connectivity index (χ0n) is 12.0. The van der Waals surface area contributed by atoms with Crippen molar-refractivity contribution in [1.82, 2.24) is 9.55 Å². The quantitative estimate of drug-likeness (QED) is 0.634. The van der Waals surface area contributed by atoms with Crippen molar-refractivity contribution in [1.29, 1.82) is 0 Å². The minimum Gasteiger partial charge on any atom is -0.324 e. The fraction of sp³-hybridized carbons (Fsp3) is 0.562. The number of benzene rings is 1. The van der Waals surface area contributed by atoms with E-state index in [1.807, 2.05) is 0 Å². The molecule has 0 aliphatic heterocycles. The fourth-order valence-electron chi connectivity index (χ4n) is 3.27. The molecule has 0 radical (unpaired) electrons. The summed E-state index contributed by atoms with van der Waals surface area (Å²) in [6.07, 6.45) is 4.99. The molecule has 0 atom stereocenters. The van der Waals surface area contributed by atoms with Gasteiger partial charge >= 0.3 is 0 Å². The zero-order chi connectivity index (χ0) is 14.3. The van der Waals surface area contributed by atoms with Crippen LogP contribution in [0.15, 0.2) is 22.7 Å². The maximum absolute atomic E-state index is 6.12. The van der Waals surface area contributed by atoms with E-state index in [0.717, 1.165) is 15.8 Å². The van der Waals surface area contributed by atoms with Crippen LogP contribution in [-0.2, 0) is 5.88 Å². The van der Waals surface area contributed by atoms with Gasteiger partial charge in [0.15, 0.2) is 0 Å². The van der Waals surface area contributed by atoms with E-state index in [1.165, 1.54) is 31.2 Å². The van der Waals surface area contributed by atoms with Crippen molar-refractivity contribution in [3.63, 3.8) is 0 Å². The number of alkyl halides is 1. The van der Waals surface area contributed by atoms with Crippen LogP contribution in [-0.4, -0.2) is 9.55 Å². The normalized spacial score (nSPS) is 19.6. The maximum atomic E-state index is 6.12. The molecule has 0 N–H and O–H groups in total. The average molecular weight is 356 g/mol. The molecular weight excluding hydrogens is 336 g/mol. The lowest BCUT2D eigenvalue weighted by Crippen LogP contribution is -2.24. The minimum atomic E-state index is 0.478. The van der Waals surface area contributed by atoms with Gasteiger partial charge in [0.05, 0.1) is 16.9 Å². The molecule has 108 valence electrons. The summed E-state index contributed by atoms with van der Waals surface area (Å²) in [5, 5.41) is 0. The second-order valence-electron chi connectivity index (χ2n) is 6.56. The summed E-state index contributed by atoms with van der Waals surface area (Å²) < 4.78 is 3.45. The average Bonchev–Trinajstić information content (AvgIpc) is 2.76. The first-order valence-electron chi connectivity index (χ1n) is 7.22. The highest BCUT2D eigenvalue weighted by Crippen LogP contribution is 2.41. The molecule has 20 heavy (non-hydrogen) atoms. The van der Waals surface area contributed by atoms with Crippen LogP contribution in [0.3, 0.4) is 0 Å². The summed E-state index contributed by atoms with van der Waals surface area (Å²) in [6.45, 7) is 4.74. The van der Waals surface area contributed by atoms with E-state index in [0.29, 0.717) is 17.3 Å². The predicted molar refractivity (Wildman–Crippen MR) is 88.3 cm³/mol. The molecule has 1 aromatic carbocycles. The lowest BCUT2D eigenvalue weighted by molar-refractivity contribution is 0.194. The molecular formula is C16H20BrClN2. The molecule has 0 spiro atoms. The number of rotatable bonds is 2. The van der Waals surface area contributed by atoms with E-state index in [-0.39, 0.29) is 0 Å². The van der Waals surface area contributed by atoms with Crippen LogP contribution in [0.2, 0.25) is 0 Å². The van der Waals surface area contributed by atoms with Crippen LogP contribution in [0.5, 0.6) is 0 Å². The van der Waals surface area contributed by atoms with Crippen LogP contribution in [0.4, 0.5) is 0 Å². The van der Waals surface area contributed by atoms with Gasteiger partial charge in [0.2, 0.25) is 0 Å². The van der Waals surface area contributed by atoms with Crippen LogP contribution in [0, 0.1) is 5.41 Å². The fourth-order valence-corrected chi connectivity index (χ4v) is 3.80. The molecule has 0 amide bonds. The second-order valence-corrected chi connectivity index (χ2v) is 7.74. The smallest absolute Gasteiger partial charge is 0.125 e. The number of fused-ring (bicyclic) bond motifs is 1. The van der Waals surface area contributed by atoms with Gasteiger partial charge in [-0.1, -0.05) is 29.8 Å². The molecule has 2 nitrogen and oxygen atoms in total. The SMILES string of the molecule is CC1(C)CCC(n2c(CCl)nc3cc(Br)ccc32)CC1. The lowest BCUT2D eigenvalue weighted by atomic mass is 9.75. The van der Waals surface area contributed by atoms with Crippen molar-refractivity contribution in [2.45, 2.75) is 51.5 Å². The maximum Gasteiger partial charge on any atom is 0.125 e. The second kappa shape index (κ2) is 5.34. The first-order chi connectivity index (χ1) is 9.50. The molecule has 1 saturated carbocycles. The van der Waals surface area contributed by atoms with E-state index in [9.17, 15) is 0 Å². The van der Waals surface area contributed by atoms with Crippen LogP contribution >= 0.6 is 27.5 Å². The van der Waals surface area contributed by atoms with Crippen molar-refractivity contribution in [2.75, 3.05) is 0 Å². The van der Waals surface area contributed by atoms with Crippen molar-refractivity contribution < 1.29 is 0 Å². The number of hydrogen-bond acceptors (Lipinski definition) is 1. The van der Waals surface area contributed by atoms with Gasteiger partial charge < -0.3 is 4.57 Å². The Bertz CT molecular complexity index is 623. The molecule has 1 aromatic heterocycles. The highest BCUT2D eigenvalue weighted by Gasteiger charge is 2.29. The van der Waals surface area contributed by atoms with Crippen molar-refractivity contribution in [3.05, 3.63) is 28.5 Å². The van der Waals surface area contributed by atoms with Gasteiger partial charge in [0, 0.05) is 10.5 Å². The lowest BCUT2D eigenvalue weighted by Gasteiger charge is -2.35. The summed E-state index contributed by atoms with van der Waals surface area (Å²) in [7, 11) is 0. The molecule has 1 aliphatic carbocycles. The highest BCUT2D eigenvalue weighted by molar-refractivity contribution is 9.10. The topological polar surface area (TPSA) is 17.8 Å². The van der Waals surface area contributed by atoms with E-state index in [4.69, 9.17) is 16.6 Å². The number of imidazole rings is 1. The van der Waals surface area contributed by atoms with Gasteiger partial charge in [-0.2, -0.15) is 0 Å².